The molecule has 0 unspecified atom stereocenters. The SMILES string of the molecule is COC(=O)c1ccc(C2CN(c3cc(Cl)nn4ccnc34)C2)cc1. The van der Waals surface area contributed by atoms with Crippen molar-refractivity contribution < 1.29 is 9.53 Å². The van der Waals surface area contributed by atoms with E-state index in [1.807, 2.05) is 18.2 Å². The normalized spacial score (nSPS) is 14.7. The molecule has 7 heteroatoms. The molecule has 24 heavy (non-hydrogen) atoms. The number of carbonyl (C=O) groups is 1. The van der Waals surface area contributed by atoms with E-state index < -0.39 is 0 Å². The zero-order valence-corrected chi connectivity index (χ0v) is 13.8. The molecule has 122 valence electrons. The predicted molar refractivity (Wildman–Crippen MR) is 90.7 cm³/mol. The molecular formula is C17H15ClN4O2. The third-order valence-corrected chi connectivity index (χ3v) is 4.52. The van der Waals surface area contributed by atoms with E-state index in [-0.39, 0.29) is 5.97 Å². The number of rotatable bonds is 3. The van der Waals surface area contributed by atoms with Gasteiger partial charge in [-0.3, -0.25) is 0 Å². The maximum absolute atomic E-state index is 11.5. The van der Waals surface area contributed by atoms with Crippen LogP contribution in [0.25, 0.3) is 5.65 Å². The number of ether oxygens (including phenoxy) is 1. The van der Waals surface area contributed by atoms with Crippen molar-refractivity contribution in [3.05, 3.63) is 59.0 Å². The van der Waals surface area contributed by atoms with Crippen molar-refractivity contribution in [2.24, 2.45) is 0 Å². The van der Waals surface area contributed by atoms with Gasteiger partial charge in [-0.15, -0.1) is 0 Å². The van der Waals surface area contributed by atoms with Crippen LogP contribution in [0.3, 0.4) is 0 Å². The van der Waals surface area contributed by atoms with Gasteiger partial charge in [0.25, 0.3) is 0 Å². The van der Waals surface area contributed by atoms with Crippen LogP contribution < -0.4 is 4.90 Å². The van der Waals surface area contributed by atoms with Crippen LogP contribution in [0.1, 0.15) is 21.8 Å². The van der Waals surface area contributed by atoms with Crippen LogP contribution in [-0.2, 0) is 4.74 Å². The largest absolute Gasteiger partial charge is 0.465 e. The molecule has 1 aliphatic rings. The van der Waals surface area contributed by atoms with Crippen molar-refractivity contribution in [1.29, 1.82) is 0 Å². The zero-order valence-electron chi connectivity index (χ0n) is 13.0. The van der Waals surface area contributed by atoms with Crippen molar-refractivity contribution in [1.82, 2.24) is 14.6 Å². The van der Waals surface area contributed by atoms with Crippen molar-refractivity contribution >= 4 is 28.9 Å². The number of hydrogen-bond donors (Lipinski definition) is 0. The number of fused-ring (bicyclic) bond motifs is 1. The maximum Gasteiger partial charge on any atom is 0.337 e. The number of hydrogen-bond acceptors (Lipinski definition) is 5. The Hall–Kier alpha value is -2.60. The second-order valence-electron chi connectivity index (χ2n) is 5.76. The number of imidazole rings is 1. The highest BCUT2D eigenvalue weighted by Crippen LogP contribution is 2.34. The molecule has 0 aliphatic carbocycles. The molecule has 6 nitrogen and oxygen atoms in total. The molecule has 0 radical (unpaired) electrons. The lowest BCUT2D eigenvalue weighted by Gasteiger charge is -2.41. The molecule has 0 saturated carbocycles. The van der Waals surface area contributed by atoms with Crippen LogP contribution in [0.2, 0.25) is 5.15 Å². The minimum atomic E-state index is -0.315. The fourth-order valence-corrected chi connectivity index (χ4v) is 3.18. The van der Waals surface area contributed by atoms with Gasteiger partial charge < -0.3 is 9.64 Å². The first kappa shape index (κ1) is 15.0. The molecule has 1 saturated heterocycles. The smallest absolute Gasteiger partial charge is 0.337 e. The minimum Gasteiger partial charge on any atom is -0.465 e. The summed E-state index contributed by atoms with van der Waals surface area (Å²) in [5.74, 6) is 0.101. The lowest BCUT2D eigenvalue weighted by molar-refractivity contribution is 0.0600. The molecule has 4 rings (SSSR count). The summed E-state index contributed by atoms with van der Waals surface area (Å²) >= 11 is 6.09. The van der Waals surface area contributed by atoms with Gasteiger partial charge in [0.1, 0.15) is 0 Å². The van der Waals surface area contributed by atoms with Crippen LogP contribution in [0.15, 0.2) is 42.7 Å². The van der Waals surface area contributed by atoms with Gasteiger partial charge in [-0.25, -0.2) is 14.3 Å². The van der Waals surface area contributed by atoms with Crippen LogP contribution >= 0.6 is 11.6 Å². The number of esters is 1. The third-order valence-electron chi connectivity index (χ3n) is 4.34. The van der Waals surface area contributed by atoms with Gasteiger partial charge in [0.15, 0.2) is 10.8 Å². The highest BCUT2D eigenvalue weighted by Gasteiger charge is 2.30. The molecule has 3 aromatic rings. The number of nitrogens with zero attached hydrogens (tertiary/aromatic N) is 4. The minimum absolute atomic E-state index is 0.315. The first-order valence-electron chi connectivity index (χ1n) is 7.59. The second-order valence-corrected chi connectivity index (χ2v) is 6.15. The lowest BCUT2D eigenvalue weighted by atomic mass is 9.90. The molecule has 1 aliphatic heterocycles. The highest BCUT2D eigenvalue weighted by atomic mass is 35.5. The number of anilines is 1. The van der Waals surface area contributed by atoms with Gasteiger partial charge in [0.05, 0.1) is 18.4 Å². The highest BCUT2D eigenvalue weighted by molar-refractivity contribution is 6.29. The van der Waals surface area contributed by atoms with Gasteiger partial charge in [-0.2, -0.15) is 5.10 Å². The summed E-state index contributed by atoms with van der Waals surface area (Å²) in [5, 5.41) is 4.64. The van der Waals surface area contributed by atoms with E-state index in [0.29, 0.717) is 16.6 Å². The Morgan fingerprint density at radius 2 is 2.04 bits per heavy atom. The number of methoxy groups -OCH3 is 1. The van der Waals surface area contributed by atoms with E-state index in [1.165, 1.54) is 12.7 Å². The van der Waals surface area contributed by atoms with Gasteiger partial charge in [0, 0.05) is 37.5 Å². The van der Waals surface area contributed by atoms with Gasteiger partial charge >= 0.3 is 5.97 Å². The Morgan fingerprint density at radius 1 is 1.29 bits per heavy atom. The Balaban J connectivity index is 1.51. The van der Waals surface area contributed by atoms with Crippen LogP contribution in [-0.4, -0.2) is 40.8 Å². The van der Waals surface area contributed by atoms with Gasteiger partial charge in [0.2, 0.25) is 0 Å². The summed E-state index contributed by atoms with van der Waals surface area (Å²) in [6.07, 6.45) is 3.50. The molecule has 0 spiro atoms. The third kappa shape index (κ3) is 2.49. The van der Waals surface area contributed by atoms with E-state index in [0.717, 1.165) is 24.4 Å². The van der Waals surface area contributed by atoms with Crippen molar-refractivity contribution in [2.45, 2.75) is 5.92 Å². The first-order chi connectivity index (χ1) is 11.7. The standard InChI is InChI=1S/C17H15ClN4O2/c1-24-17(23)12-4-2-11(3-5-12)13-9-21(10-13)14-8-15(18)20-22-7-6-19-16(14)22/h2-8,13H,9-10H2,1H3. The van der Waals surface area contributed by atoms with Crippen LogP contribution in [0.4, 0.5) is 5.69 Å². The average molecular weight is 343 g/mol. The van der Waals surface area contributed by atoms with Crippen LogP contribution in [0.5, 0.6) is 0 Å². The quantitative estimate of drug-likeness (QED) is 0.685. The topological polar surface area (TPSA) is 59.7 Å². The summed E-state index contributed by atoms with van der Waals surface area (Å²) < 4.78 is 6.41. The molecule has 1 fully saturated rings. The summed E-state index contributed by atoms with van der Waals surface area (Å²) in [6, 6.07) is 9.43. The number of aromatic nitrogens is 3. The molecule has 0 bridgehead atoms. The van der Waals surface area contributed by atoms with Crippen molar-refractivity contribution in [2.75, 3.05) is 25.1 Å². The van der Waals surface area contributed by atoms with Crippen molar-refractivity contribution in [3.8, 4) is 0 Å². The maximum atomic E-state index is 11.5. The van der Waals surface area contributed by atoms with Gasteiger partial charge in [-0.05, 0) is 17.7 Å². The number of benzene rings is 1. The average Bonchev–Trinajstić information content (AvgIpc) is 3.01. The lowest BCUT2D eigenvalue weighted by Crippen LogP contribution is -2.45. The Bertz CT molecular complexity index is 901. The molecule has 2 aromatic heterocycles. The zero-order chi connectivity index (χ0) is 16.7. The second kappa shape index (κ2) is 5.79. The Morgan fingerprint density at radius 3 is 2.75 bits per heavy atom. The fraction of sp³-hybridized carbons (Fsp3) is 0.235. The summed E-state index contributed by atoms with van der Waals surface area (Å²) in [4.78, 5) is 18.1. The molecule has 0 atom stereocenters. The molecular weight excluding hydrogens is 328 g/mol. The Kier molecular flexibility index (Phi) is 3.61. The number of halogens is 1. The summed E-state index contributed by atoms with van der Waals surface area (Å²) in [6.45, 7) is 1.75. The molecule has 0 amide bonds. The van der Waals surface area contributed by atoms with E-state index in [1.54, 1.807) is 29.0 Å². The monoisotopic (exact) mass is 342 g/mol. The fourth-order valence-electron chi connectivity index (χ4n) is 3.00. The molecule has 0 N–H and O–H groups in total. The van der Waals surface area contributed by atoms with Crippen molar-refractivity contribution in [3.63, 3.8) is 0 Å². The number of carbonyl (C=O) groups excluding carboxylic acids is 1. The summed E-state index contributed by atoms with van der Waals surface area (Å²) in [5.41, 5.74) is 3.57. The van der Waals surface area contributed by atoms with E-state index in [4.69, 9.17) is 16.3 Å². The van der Waals surface area contributed by atoms with Crippen LogP contribution in [0, 0.1) is 0 Å². The van der Waals surface area contributed by atoms with Gasteiger partial charge in [-0.1, -0.05) is 23.7 Å². The van der Waals surface area contributed by atoms with E-state index >= 15 is 0 Å². The summed E-state index contributed by atoms with van der Waals surface area (Å²) in [7, 11) is 1.39. The van der Waals surface area contributed by atoms with E-state index in [2.05, 4.69) is 15.0 Å². The predicted octanol–water partition coefficient (Wildman–Crippen LogP) is 2.77. The first-order valence-corrected chi connectivity index (χ1v) is 7.96. The Labute approximate surface area is 143 Å². The van der Waals surface area contributed by atoms with E-state index in [9.17, 15) is 4.79 Å². The molecule has 1 aromatic carbocycles. The molecule has 3 heterocycles.